The van der Waals surface area contributed by atoms with Gasteiger partial charge in [-0.3, -0.25) is 0 Å². The second-order valence-electron chi connectivity index (χ2n) is 3.69. The second kappa shape index (κ2) is 5.52. The number of methoxy groups -OCH3 is 1. The molecule has 1 unspecified atom stereocenters. The minimum Gasteiger partial charge on any atom is -0.496 e. The molecule has 2 rings (SSSR count). The van der Waals surface area contributed by atoms with Crippen molar-refractivity contribution in [3.63, 3.8) is 0 Å². The van der Waals surface area contributed by atoms with Crippen molar-refractivity contribution in [3.8, 4) is 5.75 Å². The van der Waals surface area contributed by atoms with E-state index in [4.69, 9.17) is 16.3 Å². The molecule has 0 aliphatic heterocycles. The fraction of sp³-hybridized carbons (Fsp3) is 0.231. The van der Waals surface area contributed by atoms with Gasteiger partial charge >= 0.3 is 0 Å². The number of halogens is 2. The summed E-state index contributed by atoms with van der Waals surface area (Å²) in [5.41, 5.74) is 1.03. The monoisotopic (exact) mass is 270 g/mol. The summed E-state index contributed by atoms with van der Waals surface area (Å²) in [7, 11) is 1.63. The van der Waals surface area contributed by atoms with Gasteiger partial charge in [0.2, 0.25) is 0 Å². The Morgan fingerprint density at radius 1 is 1.35 bits per heavy atom. The van der Waals surface area contributed by atoms with Gasteiger partial charge in [-0.05, 0) is 30.2 Å². The third kappa shape index (κ3) is 3.20. The van der Waals surface area contributed by atoms with Gasteiger partial charge in [0.25, 0.3) is 0 Å². The number of ether oxygens (including phenoxy) is 1. The van der Waals surface area contributed by atoms with Crippen LogP contribution in [0.3, 0.4) is 0 Å². The SMILES string of the molecule is COc1csc(C(Cl)Cc2ccc(F)cc2)c1. The van der Waals surface area contributed by atoms with Gasteiger partial charge in [-0.2, -0.15) is 0 Å². The van der Waals surface area contributed by atoms with Crippen LogP contribution in [-0.2, 0) is 6.42 Å². The van der Waals surface area contributed by atoms with Crippen molar-refractivity contribution < 1.29 is 9.13 Å². The van der Waals surface area contributed by atoms with Gasteiger partial charge in [-0.15, -0.1) is 22.9 Å². The number of thiophene rings is 1. The minimum absolute atomic E-state index is 0.102. The average molecular weight is 271 g/mol. The minimum atomic E-state index is -0.224. The molecular formula is C13H12ClFOS. The van der Waals surface area contributed by atoms with E-state index in [0.29, 0.717) is 6.42 Å². The molecule has 0 spiro atoms. The second-order valence-corrected chi connectivity index (χ2v) is 5.16. The zero-order chi connectivity index (χ0) is 12.3. The van der Waals surface area contributed by atoms with Crippen molar-refractivity contribution in [2.45, 2.75) is 11.8 Å². The first-order chi connectivity index (χ1) is 8.19. The summed E-state index contributed by atoms with van der Waals surface area (Å²) in [6, 6.07) is 8.36. The van der Waals surface area contributed by atoms with Gasteiger partial charge in [-0.25, -0.2) is 4.39 Å². The molecule has 1 atom stereocenters. The largest absolute Gasteiger partial charge is 0.496 e. The van der Waals surface area contributed by atoms with Crippen LogP contribution in [0.2, 0.25) is 0 Å². The maximum absolute atomic E-state index is 12.7. The third-order valence-corrected chi connectivity index (χ3v) is 4.01. The van der Waals surface area contributed by atoms with Crippen LogP contribution in [0, 0.1) is 5.82 Å². The van der Waals surface area contributed by atoms with E-state index in [1.54, 1.807) is 30.6 Å². The van der Waals surface area contributed by atoms with Gasteiger partial charge in [0.1, 0.15) is 11.6 Å². The topological polar surface area (TPSA) is 9.23 Å². The quantitative estimate of drug-likeness (QED) is 0.748. The van der Waals surface area contributed by atoms with Crippen molar-refractivity contribution in [2.24, 2.45) is 0 Å². The number of hydrogen-bond acceptors (Lipinski definition) is 2. The van der Waals surface area contributed by atoms with Crippen molar-refractivity contribution in [2.75, 3.05) is 7.11 Å². The molecule has 4 heteroatoms. The predicted octanol–water partition coefficient (Wildman–Crippen LogP) is 4.42. The van der Waals surface area contributed by atoms with Crippen molar-refractivity contribution in [1.29, 1.82) is 0 Å². The fourth-order valence-electron chi connectivity index (χ4n) is 1.53. The summed E-state index contributed by atoms with van der Waals surface area (Å²) in [4.78, 5) is 1.06. The number of rotatable bonds is 4. The maximum Gasteiger partial charge on any atom is 0.129 e. The molecule has 0 N–H and O–H groups in total. The Bertz CT molecular complexity index is 480. The Balaban J connectivity index is 2.05. The van der Waals surface area contributed by atoms with E-state index in [1.165, 1.54) is 12.1 Å². The Morgan fingerprint density at radius 2 is 2.06 bits per heavy atom. The molecule has 0 saturated heterocycles. The lowest BCUT2D eigenvalue weighted by Gasteiger charge is -2.06. The maximum atomic E-state index is 12.7. The first-order valence-corrected chi connectivity index (χ1v) is 6.51. The van der Waals surface area contributed by atoms with Crippen LogP contribution in [0.5, 0.6) is 5.75 Å². The highest BCUT2D eigenvalue weighted by Crippen LogP contribution is 2.33. The molecule has 90 valence electrons. The van der Waals surface area contributed by atoms with Gasteiger partial charge < -0.3 is 4.74 Å². The molecule has 0 radical (unpaired) electrons. The zero-order valence-electron chi connectivity index (χ0n) is 9.32. The molecule has 1 aromatic heterocycles. The molecule has 17 heavy (non-hydrogen) atoms. The first kappa shape index (κ1) is 12.4. The van der Waals surface area contributed by atoms with E-state index in [1.807, 2.05) is 11.4 Å². The smallest absolute Gasteiger partial charge is 0.129 e. The summed E-state index contributed by atoms with van der Waals surface area (Å²) in [6.45, 7) is 0. The summed E-state index contributed by atoms with van der Waals surface area (Å²) < 4.78 is 17.9. The lowest BCUT2D eigenvalue weighted by Crippen LogP contribution is -1.93. The normalized spacial score (nSPS) is 12.4. The molecule has 0 aliphatic rings. The van der Waals surface area contributed by atoms with E-state index < -0.39 is 0 Å². The summed E-state index contributed by atoms with van der Waals surface area (Å²) >= 11 is 7.89. The number of hydrogen-bond donors (Lipinski definition) is 0. The van der Waals surface area contributed by atoms with Crippen LogP contribution in [0.15, 0.2) is 35.7 Å². The lowest BCUT2D eigenvalue weighted by molar-refractivity contribution is 0.416. The van der Waals surface area contributed by atoms with Crippen LogP contribution >= 0.6 is 22.9 Å². The van der Waals surface area contributed by atoms with Crippen molar-refractivity contribution in [1.82, 2.24) is 0 Å². The molecule has 0 bridgehead atoms. The van der Waals surface area contributed by atoms with Gasteiger partial charge in [-0.1, -0.05) is 12.1 Å². The first-order valence-electron chi connectivity index (χ1n) is 5.20. The number of benzene rings is 1. The Labute approximate surface area is 109 Å². The van der Waals surface area contributed by atoms with Crippen molar-refractivity contribution >= 4 is 22.9 Å². The Hall–Kier alpha value is -1.06. The third-order valence-electron chi connectivity index (χ3n) is 2.47. The Morgan fingerprint density at radius 3 is 2.65 bits per heavy atom. The highest BCUT2D eigenvalue weighted by atomic mass is 35.5. The zero-order valence-corrected chi connectivity index (χ0v) is 10.9. The van der Waals surface area contributed by atoms with Gasteiger partial charge in [0, 0.05) is 10.3 Å². The molecular weight excluding hydrogens is 259 g/mol. The van der Waals surface area contributed by atoms with Crippen LogP contribution in [0.4, 0.5) is 4.39 Å². The van der Waals surface area contributed by atoms with Gasteiger partial charge in [0.05, 0.1) is 12.5 Å². The highest BCUT2D eigenvalue weighted by molar-refractivity contribution is 7.10. The summed E-state index contributed by atoms with van der Waals surface area (Å²) in [6.07, 6.45) is 0.686. The summed E-state index contributed by atoms with van der Waals surface area (Å²) in [5.74, 6) is 0.604. The van der Waals surface area contributed by atoms with Crippen LogP contribution in [0.25, 0.3) is 0 Å². The molecule has 0 aliphatic carbocycles. The number of alkyl halides is 1. The van der Waals surface area contributed by atoms with Crippen LogP contribution < -0.4 is 4.74 Å². The fourth-order valence-corrected chi connectivity index (χ4v) is 2.76. The molecule has 1 heterocycles. The van der Waals surface area contributed by atoms with E-state index >= 15 is 0 Å². The van der Waals surface area contributed by atoms with Crippen molar-refractivity contribution in [3.05, 3.63) is 52.0 Å². The van der Waals surface area contributed by atoms with E-state index in [9.17, 15) is 4.39 Å². The van der Waals surface area contributed by atoms with Gasteiger partial charge in [0.15, 0.2) is 0 Å². The molecule has 0 fully saturated rings. The van der Waals surface area contributed by atoms with E-state index in [2.05, 4.69) is 0 Å². The molecule has 2 aromatic rings. The molecule has 0 saturated carbocycles. The Kier molecular flexibility index (Phi) is 4.02. The van der Waals surface area contributed by atoms with Crippen LogP contribution in [0.1, 0.15) is 15.8 Å². The summed E-state index contributed by atoms with van der Waals surface area (Å²) in [5, 5.41) is 1.82. The average Bonchev–Trinajstić information content (AvgIpc) is 2.81. The molecule has 1 aromatic carbocycles. The van der Waals surface area contributed by atoms with Crippen LogP contribution in [-0.4, -0.2) is 7.11 Å². The lowest BCUT2D eigenvalue weighted by atomic mass is 10.1. The van der Waals surface area contributed by atoms with E-state index in [0.717, 1.165) is 16.2 Å². The van der Waals surface area contributed by atoms with E-state index in [-0.39, 0.29) is 11.2 Å². The predicted molar refractivity (Wildman–Crippen MR) is 69.6 cm³/mol. The highest BCUT2D eigenvalue weighted by Gasteiger charge is 2.12. The molecule has 1 nitrogen and oxygen atoms in total. The standard InChI is InChI=1S/C13H12ClFOS/c1-16-11-7-13(17-8-11)12(14)6-9-2-4-10(15)5-3-9/h2-5,7-8,12H,6H2,1H3. The molecule has 0 amide bonds.